The minimum Gasteiger partial charge on any atom is -0.497 e. The minimum atomic E-state index is -0.382. The number of para-hydroxylation sites is 1. The van der Waals surface area contributed by atoms with E-state index in [1.165, 1.54) is 4.57 Å². The highest BCUT2D eigenvalue weighted by Gasteiger charge is 2.17. The van der Waals surface area contributed by atoms with Gasteiger partial charge in [-0.3, -0.25) is 14.2 Å². The third kappa shape index (κ3) is 4.37. The first-order chi connectivity index (χ1) is 13.6. The Morgan fingerprint density at radius 1 is 1.11 bits per heavy atom. The smallest absolute Gasteiger partial charge is 0.287 e. The van der Waals surface area contributed by atoms with Gasteiger partial charge in [0.1, 0.15) is 5.75 Å². The summed E-state index contributed by atoms with van der Waals surface area (Å²) >= 11 is 0. The van der Waals surface area contributed by atoms with E-state index >= 15 is 0 Å². The number of fused-ring (bicyclic) bond motifs is 1. The Hall–Kier alpha value is -3.19. The number of rotatable bonds is 8. The highest BCUT2D eigenvalue weighted by molar-refractivity contribution is 5.93. The van der Waals surface area contributed by atoms with E-state index in [1.807, 2.05) is 24.3 Å². The maximum atomic E-state index is 12.8. The second kappa shape index (κ2) is 9.14. The zero-order chi connectivity index (χ0) is 19.9. The van der Waals surface area contributed by atoms with Crippen molar-refractivity contribution in [2.45, 2.75) is 13.0 Å². The molecule has 0 bridgehead atoms. The van der Waals surface area contributed by atoms with Crippen LogP contribution in [0.15, 0.2) is 53.3 Å². The Kier molecular flexibility index (Phi) is 6.39. The number of ether oxygens (including phenoxy) is 2. The standard InChI is InChI=1S/C21H23N3O4/c1-27-14-13-24-19(23-18-6-4-3-5-17(18)21(24)26)20(25)22-12-11-15-7-9-16(28-2)10-8-15/h3-10H,11-14H2,1-2H3,(H,22,25). The molecule has 0 saturated carbocycles. The van der Waals surface area contributed by atoms with Crippen molar-refractivity contribution in [1.82, 2.24) is 14.9 Å². The fourth-order valence-electron chi connectivity index (χ4n) is 2.92. The van der Waals surface area contributed by atoms with Crippen LogP contribution in [0.25, 0.3) is 10.9 Å². The van der Waals surface area contributed by atoms with E-state index in [0.717, 1.165) is 11.3 Å². The van der Waals surface area contributed by atoms with Crippen LogP contribution in [0.4, 0.5) is 0 Å². The number of nitrogens with one attached hydrogen (secondary N) is 1. The third-order valence-corrected chi connectivity index (χ3v) is 4.44. The summed E-state index contributed by atoms with van der Waals surface area (Å²) in [6.07, 6.45) is 0.658. The van der Waals surface area contributed by atoms with E-state index in [1.54, 1.807) is 38.5 Å². The summed E-state index contributed by atoms with van der Waals surface area (Å²) in [4.78, 5) is 29.9. The molecule has 0 aliphatic heterocycles. The SMILES string of the molecule is COCCn1c(C(=O)NCCc2ccc(OC)cc2)nc2ccccc2c1=O. The molecule has 0 saturated heterocycles. The molecule has 1 heterocycles. The monoisotopic (exact) mass is 381 g/mol. The van der Waals surface area contributed by atoms with Gasteiger partial charge in [-0.1, -0.05) is 24.3 Å². The van der Waals surface area contributed by atoms with Crippen molar-refractivity contribution in [3.8, 4) is 5.75 Å². The van der Waals surface area contributed by atoms with E-state index < -0.39 is 0 Å². The fraction of sp³-hybridized carbons (Fsp3) is 0.286. The van der Waals surface area contributed by atoms with Crippen molar-refractivity contribution in [1.29, 1.82) is 0 Å². The summed E-state index contributed by atoms with van der Waals surface area (Å²) in [7, 11) is 3.17. The Labute approximate surface area is 162 Å². The summed E-state index contributed by atoms with van der Waals surface area (Å²) in [6.45, 7) is 0.999. The zero-order valence-electron chi connectivity index (χ0n) is 16.0. The third-order valence-electron chi connectivity index (χ3n) is 4.44. The Morgan fingerprint density at radius 3 is 2.57 bits per heavy atom. The number of hydrogen-bond donors (Lipinski definition) is 1. The van der Waals surface area contributed by atoms with Gasteiger partial charge in [-0.05, 0) is 36.2 Å². The van der Waals surface area contributed by atoms with Crippen LogP contribution in [-0.2, 0) is 17.7 Å². The predicted octanol–water partition coefficient (Wildman–Crippen LogP) is 2.02. The molecule has 0 radical (unpaired) electrons. The molecular weight excluding hydrogens is 358 g/mol. The first kappa shape index (κ1) is 19.6. The first-order valence-corrected chi connectivity index (χ1v) is 9.03. The van der Waals surface area contributed by atoms with Gasteiger partial charge in [0.15, 0.2) is 0 Å². The van der Waals surface area contributed by atoms with Crippen molar-refractivity contribution in [2.75, 3.05) is 27.4 Å². The van der Waals surface area contributed by atoms with Gasteiger partial charge < -0.3 is 14.8 Å². The van der Waals surface area contributed by atoms with Crippen LogP contribution in [0, 0.1) is 0 Å². The molecule has 7 heteroatoms. The van der Waals surface area contributed by atoms with Crippen molar-refractivity contribution in [2.24, 2.45) is 0 Å². The van der Waals surface area contributed by atoms with E-state index in [4.69, 9.17) is 9.47 Å². The number of carbonyl (C=O) groups excluding carboxylic acids is 1. The Bertz CT molecular complexity index is 1010. The maximum Gasteiger partial charge on any atom is 0.287 e. The lowest BCUT2D eigenvalue weighted by molar-refractivity contribution is 0.0934. The lowest BCUT2D eigenvalue weighted by Gasteiger charge is -2.13. The molecule has 1 N–H and O–H groups in total. The molecular formula is C21H23N3O4. The lowest BCUT2D eigenvalue weighted by atomic mass is 10.1. The normalized spacial score (nSPS) is 10.8. The Balaban J connectivity index is 1.78. The van der Waals surface area contributed by atoms with Gasteiger partial charge in [0, 0.05) is 13.7 Å². The molecule has 1 amide bonds. The predicted molar refractivity (Wildman–Crippen MR) is 107 cm³/mol. The van der Waals surface area contributed by atoms with Crippen molar-refractivity contribution < 1.29 is 14.3 Å². The van der Waals surface area contributed by atoms with Gasteiger partial charge in [-0.15, -0.1) is 0 Å². The lowest BCUT2D eigenvalue weighted by Crippen LogP contribution is -2.35. The van der Waals surface area contributed by atoms with Gasteiger partial charge >= 0.3 is 0 Å². The molecule has 1 aromatic heterocycles. The topological polar surface area (TPSA) is 82.4 Å². The van der Waals surface area contributed by atoms with Crippen LogP contribution >= 0.6 is 0 Å². The summed E-state index contributed by atoms with van der Waals surface area (Å²) in [5.41, 5.74) is 1.33. The summed E-state index contributed by atoms with van der Waals surface area (Å²) < 4.78 is 11.6. The van der Waals surface area contributed by atoms with E-state index in [-0.39, 0.29) is 23.8 Å². The first-order valence-electron chi connectivity index (χ1n) is 9.03. The number of carbonyl (C=O) groups is 1. The van der Waals surface area contributed by atoms with E-state index in [2.05, 4.69) is 10.3 Å². The molecule has 3 rings (SSSR count). The quantitative estimate of drug-likeness (QED) is 0.646. The second-order valence-electron chi connectivity index (χ2n) is 6.26. The average molecular weight is 381 g/mol. The Morgan fingerprint density at radius 2 is 1.86 bits per heavy atom. The second-order valence-corrected chi connectivity index (χ2v) is 6.26. The van der Waals surface area contributed by atoms with Gasteiger partial charge in [-0.2, -0.15) is 0 Å². The number of nitrogens with zero attached hydrogens (tertiary/aromatic N) is 2. The zero-order valence-corrected chi connectivity index (χ0v) is 16.0. The molecule has 7 nitrogen and oxygen atoms in total. The molecule has 2 aromatic carbocycles. The molecule has 0 fully saturated rings. The number of aromatic nitrogens is 2. The molecule has 3 aromatic rings. The van der Waals surface area contributed by atoms with Gasteiger partial charge in [-0.25, -0.2) is 4.98 Å². The van der Waals surface area contributed by atoms with Crippen molar-refractivity contribution in [3.05, 3.63) is 70.3 Å². The average Bonchev–Trinajstić information content (AvgIpc) is 2.73. The number of methoxy groups -OCH3 is 2. The highest BCUT2D eigenvalue weighted by Crippen LogP contribution is 2.11. The number of hydrogen-bond acceptors (Lipinski definition) is 5. The minimum absolute atomic E-state index is 0.0930. The van der Waals surface area contributed by atoms with Gasteiger partial charge in [0.2, 0.25) is 5.82 Å². The van der Waals surface area contributed by atoms with Gasteiger partial charge in [0.25, 0.3) is 11.5 Å². The fourth-order valence-corrected chi connectivity index (χ4v) is 2.92. The number of amides is 1. The molecule has 28 heavy (non-hydrogen) atoms. The molecule has 0 aliphatic rings. The van der Waals surface area contributed by atoms with Crippen molar-refractivity contribution in [3.63, 3.8) is 0 Å². The van der Waals surface area contributed by atoms with Crippen LogP contribution in [0.5, 0.6) is 5.75 Å². The summed E-state index contributed by atoms with van der Waals surface area (Å²) in [6, 6.07) is 14.7. The van der Waals surface area contributed by atoms with Crippen LogP contribution < -0.4 is 15.6 Å². The number of benzene rings is 2. The molecule has 0 spiro atoms. The molecule has 0 unspecified atom stereocenters. The summed E-state index contributed by atoms with van der Waals surface area (Å²) in [5.74, 6) is 0.498. The molecule has 0 atom stereocenters. The largest absolute Gasteiger partial charge is 0.497 e. The van der Waals surface area contributed by atoms with Crippen LogP contribution in [0.3, 0.4) is 0 Å². The summed E-state index contributed by atoms with van der Waals surface area (Å²) in [5, 5.41) is 3.33. The van der Waals surface area contributed by atoms with Crippen LogP contribution in [0.1, 0.15) is 16.2 Å². The maximum absolute atomic E-state index is 12.8. The van der Waals surface area contributed by atoms with E-state index in [0.29, 0.717) is 30.5 Å². The van der Waals surface area contributed by atoms with Crippen molar-refractivity contribution >= 4 is 16.8 Å². The highest BCUT2D eigenvalue weighted by atomic mass is 16.5. The van der Waals surface area contributed by atoms with E-state index in [9.17, 15) is 9.59 Å². The molecule has 146 valence electrons. The molecule has 0 aliphatic carbocycles. The van der Waals surface area contributed by atoms with Gasteiger partial charge in [0.05, 0.1) is 31.2 Å². The van der Waals surface area contributed by atoms with Crippen LogP contribution in [-0.4, -0.2) is 42.8 Å². The van der Waals surface area contributed by atoms with Crippen LogP contribution in [0.2, 0.25) is 0 Å².